The number of carbonyl (C=O) groups is 2. The van der Waals surface area contributed by atoms with Crippen LogP contribution in [0.4, 0.5) is 10.8 Å². The van der Waals surface area contributed by atoms with Gasteiger partial charge < -0.3 is 10.4 Å². The Kier molecular flexibility index (Phi) is 7.09. The van der Waals surface area contributed by atoms with Crippen LogP contribution in [0.2, 0.25) is 0 Å². The molecule has 2 amide bonds. The predicted octanol–water partition coefficient (Wildman–Crippen LogP) is 1.36. The first-order valence-electron chi connectivity index (χ1n) is 7.75. The predicted molar refractivity (Wildman–Crippen MR) is 98.7 cm³/mol. The largest absolute Gasteiger partial charge is 0.492 e. The van der Waals surface area contributed by atoms with Crippen LogP contribution in [0, 0.1) is 0 Å². The van der Waals surface area contributed by atoms with Gasteiger partial charge in [0, 0.05) is 13.3 Å². The normalized spacial score (nSPS) is 10.5. The number of hydrogen-bond donors (Lipinski definition) is 4. The van der Waals surface area contributed by atoms with Crippen molar-refractivity contribution in [1.82, 2.24) is 20.2 Å². The number of amides is 2. The summed E-state index contributed by atoms with van der Waals surface area (Å²) in [5, 5.41) is 23.8. The molecule has 12 heteroatoms. The Balaban J connectivity index is 1.92. The third kappa shape index (κ3) is 5.81. The van der Waals surface area contributed by atoms with Gasteiger partial charge in [-0.3, -0.25) is 24.7 Å². The average Bonchev–Trinajstić information content (AvgIpc) is 3.01. The number of aromatic hydroxyl groups is 1. The number of aromatic amines is 1. The summed E-state index contributed by atoms with van der Waals surface area (Å²) < 4.78 is 0. The summed E-state index contributed by atoms with van der Waals surface area (Å²) in [4.78, 5) is 40.9. The Morgan fingerprint density at radius 1 is 1.31 bits per heavy atom. The number of hydrogen-bond acceptors (Lipinski definition) is 9. The van der Waals surface area contributed by atoms with Gasteiger partial charge in [-0.15, -0.1) is 10.2 Å². The number of nitrogens with zero attached hydrogens (tertiary/aromatic N) is 3. The maximum Gasteiger partial charge on any atom is 0.279 e. The molecule has 4 N–H and O–H groups in total. The zero-order valence-corrected chi connectivity index (χ0v) is 15.8. The Hall–Kier alpha value is -2.47. The zero-order chi connectivity index (χ0) is 19.1. The van der Waals surface area contributed by atoms with Gasteiger partial charge in [0.1, 0.15) is 5.01 Å². The maximum absolute atomic E-state index is 12.0. The quantitative estimate of drug-likeness (QED) is 0.384. The van der Waals surface area contributed by atoms with Crippen LogP contribution < -0.4 is 16.2 Å². The summed E-state index contributed by atoms with van der Waals surface area (Å²) >= 11 is 2.25. The van der Waals surface area contributed by atoms with Crippen molar-refractivity contribution in [2.24, 2.45) is 0 Å². The molecule has 2 rings (SSSR count). The van der Waals surface area contributed by atoms with E-state index in [0.717, 1.165) is 36.0 Å². The first-order valence-corrected chi connectivity index (χ1v) is 9.55. The van der Waals surface area contributed by atoms with E-state index in [1.54, 1.807) is 0 Å². The lowest BCUT2D eigenvalue weighted by molar-refractivity contribution is -0.114. The van der Waals surface area contributed by atoms with Crippen LogP contribution >= 0.6 is 23.1 Å². The molecule has 140 valence electrons. The molecule has 0 aromatic carbocycles. The van der Waals surface area contributed by atoms with E-state index >= 15 is 0 Å². The highest BCUT2D eigenvalue weighted by Crippen LogP contribution is 2.21. The average molecular weight is 398 g/mol. The van der Waals surface area contributed by atoms with Crippen molar-refractivity contribution in [1.29, 1.82) is 0 Å². The van der Waals surface area contributed by atoms with Crippen LogP contribution in [0.1, 0.15) is 31.7 Å². The van der Waals surface area contributed by atoms with E-state index in [2.05, 4.69) is 37.7 Å². The lowest BCUT2D eigenvalue weighted by Crippen LogP contribution is -2.19. The summed E-state index contributed by atoms with van der Waals surface area (Å²) in [6, 6.07) is 0. The molecule has 2 aromatic rings. The van der Waals surface area contributed by atoms with Crippen LogP contribution in [0.5, 0.6) is 5.88 Å². The molecule has 0 aliphatic rings. The molecule has 0 fully saturated rings. The Morgan fingerprint density at radius 3 is 2.73 bits per heavy atom. The third-order valence-corrected chi connectivity index (χ3v) is 4.75. The van der Waals surface area contributed by atoms with Crippen molar-refractivity contribution < 1.29 is 14.7 Å². The molecule has 0 bridgehead atoms. The van der Waals surface area contributed by atoms with Crippen molar-refractivity contribution in [3.05, 3.63) is 15.4 Å². The van der Waals surface area contributed by atoms with E-state index in [1.165, 1.54) is 18.3 Å². The second-order valence-electron chi connectivity index (χ2n) is 5.19. The molecule has 2 aromatic heterocycles. The van der Waals surface area contributed by atoms with Gasteiger partial charge in [-0.05, 0) is 6.42 Å². The minimum absolute atomic E-state index is 0.0499. The third-order valence-electron chi connectivity index (χ3n) is 2.98. The zero-order valence-electron chi connectivity index (χ0n) is 14.2. The lowest BCUT2D eigenvalue weighted by atomic mass is 10.3. The van der Waals surface area contributed by atoms with Gasteiger partial charge >= 0.3 is 0 Å². The number of nitrogens with one attached hydrogen (secondary N) is 3. The molecule has 0 saturated carbocycles. The monoisotopic (exact) mass is 398 g/mol. The fourth-order valence-electron chi connectivity index (χ4n) is 1.82. The molecule has 26 heavy (non-hydrogen) atoms. The minimum Gasteiger partial charge on any atom is -0.492 e. The van der Waals surface area contributed by atoms with Gasteiger partial charge in [0.2, 0.25) is 22.8 Å². The molecule has 0 atom stereocenters. The van der Waals surface area contributed by atoms with Crippen molar-refractivity contribution in [3.8, 4) is 5.88 Å². The molecular weight excluding hydrogens is 380 g/mol. The van der Waals surface area contributed by atoms with Crippen molar-refractivity contribution in [2.75, 3.05) is 16.4 Å². The van der Waals surface area contributed by atoms with E-state index in [9.17, 15) is 19.5 Å². The number of rotatable bonds is 8. The topological polar surface area (TPSA) is 150 Å². The van der Waals surface area contributed by atoms with E-state index in [4.69, 9.17) is 0 Å². The Labute approximate surface area is 156 Å². The number of thioether (sulfide) groups is 1. The summed E-state index contributed by atoms with van der Waals surface area (Å²) in [6.45, 7) is 3.28. The maximum atomic E-state index is 12.0. The number of carbonyl (C=O) groups excluding carboxylic acids is 2. The van der Waals surface area contributed by atoms with Gasteiger partial charge in [0.25, 0.3) is 5.56 Å². The SMILES string of the molecule is CCCCc1nnc(NC(=O)CSc2nc(O)c(NC(C)=O)c(=O)[nH]2)s1. The second-order valence-corrected chi connectivity index (χ2v) is 7.22. The molecule has 0 unspecified atom stereocenters. The van der Waals surface area contributed by atoms with Gasteiger partial charge in [-0.25, -0.2) is 0 Å². The number of H-pyrrole nitrogens is 1. The molecular formula is C14H18N6O4S2. The molecule has 0 spiro atoms. The van der Waals surface area contributed by atoms with Crippen molar-refractivity contribution in [2.45, 2.75) is 38.3 Å². The highest BCUT2D eigenvalue weighted by Gasteiger charge is 2.14. The number of unbranched alkanes of at least 4 members (excludes halogenated alkanes) is 1. The van der Waals surface area contributed by atoms with E-state index in [0.29, 0.717) is 5.13 Å². The van der Waals surface area contributed by atoms with Crippen LogP contribution in [0.3, 0.4) is 0 Å². The van der Waals surface area contributed by atoms with E-state index < -0.39 is 17.3 Å². The van der Waals surface area contributed by atoms with Crippen LogP contribution in [0.25, 0.3) is 0 Å². The molecule has 10 nitrogen and oxygen atoms in total. The number of anilines is 2. The van der Waals surface area contributed by atoms with Crippen molar-refractivity contribution in [3.63, 3.8) is 0 Å². The summed E-state index contributed by atoms with van der Waals surface area (Å²) in [5.41, 5.74) is -1.04. The fourth-order valence-corrected chi connectivity index (χ4v) is 3.27. The number of aryl methyl sites for hydroxylation is 1. The van der Waals surface area contributed by atoms with Gasteiger partial charge in [0.15, 0.2) is 10.8 Å². The lowest BCUT2D eigenvalue weighted by Gasteiger charge is -2.05. The summed E-state index contributed by atoms with van der Waals surface area (Å²) in [7, 11) is 0. The molecule has 0 radical (unpaired) electrons. The summed E-state index contributed by atoms with van der Waals surface area (Å²) in [6.07, 6.45) is 2.88. The van der Waals surface area contributed by atoms with E-state index in [1.807, 2.05) is 0 Å². The van der Waals surface area contributed by atoms with Gasteiger partial charge in [0.05, 0.1) is 5.75 Å². The standard InChI is InChI=1S/C14H18N6O4S2/c1-3-4-5-9-19-20-14(26-9)16-8(22)6-25-13-17-11(23)10(12(24)18-13)15-7(2)21/h3-6H2,1-2H3,(H,15,21)(H,16,20,22)(H2,17,18,23,24). The molecule has 0 saturated heterocycles. The first-order chi connectivity index (χ1) is 12.4. The van der Waals surface area contributed by atoms with E-state index in [-0.39, 0.29) is 22.5 Å². The second kappa shape index (κ2) is 9.29. The highest BCUT2D eigenvalue weighted by molar-refractivity contribution is 7.99. The summed E-state index contributed by atoms with van der Waals surface area (Å²) in [5.74, 6) is -1.52. The number of aromatic nitrogens is 4. The Morgan fingerprint density at radius 2 is 2.08 bits per heavy atom. The van der Waals surface area contributed by atoms with Crippen LogP contribution in [-0.2, 0) is 16.0 Å². The minimum atomic E-state index is -0.708. The van der Waals surface area contributed by atoms with Gasteiger partial charge in [-0.1, -0.05) is 36.4 Å². The van der Waals surface area contributed by atoms with Crippen LogP contribution in [0.15, 0.2) is 9.95 Å². The van der Waals surface area contributed by atoms with Gasteiger partial charge in [-0.2, -0.15) is 4.98 Å². The smallest absolute Gasteiger partial charge is 0.279 e. The molecule has 0 aliphatic carbocycles. The first kappa shape index (κ1) is 19.8. The Bertz CT molecular complexity index is 850. The fraction of sp³-hybridized carbons (Fsp3) is 0.429. The van der Waals surface area contributed by atoms with Crippen LogP contribution in [-0.4, -0.2) is 42.8 Å². The highest BCUT2D eigenvalue weighted by atomic mass is 32.2. The molecule has 2 heterocycles. The molecule has 0 aliphatic heterocycles. The van der Waals surface area contributed by atoms with Crippen molar-refractivity contribution >= 4 is 45.7 Å².